The van der Waals surface area contributed by atoms with Crippen LogP contribution in [0.4, 0.5) is 0 Å². The number of allylic oxidation sites excluding steroid dienone is 1. The van der Waals surface area contributed by atoms with Crippen LogP contribution in [0.15, 0.2) is 10.2 Å². The first-order valence-electron chi connectivity index (χ1n) is 1.33. The maximum atomic E-state index is 7.85. The third-order valence-corrected chi connectivity index (χ3v) is 0.829. The topological polar surface area (TPSA) is 23.8 Å². The van der Waals surface area contributed by atoms with Gasteiger partial charge in [-0.15, -0.1) is 0 Å². The number of nitrogens with zero attached hydrogens (tertiary/aromatic N) is 1. The molecule has 0 aromatic heterocycles. The molecule has 0 radical (unpaired) electrons. The Balaban J connectivity index is 3.35. The van der Waals surface area contributed by atoms with Crippen molar-refractivity contribution < 1.29 is 0 Å². The molecule has 0 N–H and O–H groups in total. The molecule has 0 aliphatic heterocycles. The van der Waals surface area contributed by atoms with E-state index in [4.69, 9.17) is 5.26 Å². The van der Waals surface area contributed by atoms with Crippen molar-refractivity contribution >= 4 is 22.5 Å². The third kappa shape index (κ3) is 4.03. The van der Waals surface area contributed by atoms with Gasteiger partial charge in [0.1, 0.15) is 0 Å². The van der Waals surface area contributed by atoms with Gasteiger partial charge in [-0.05, 0) is 0 Å². The van der Waals surface area contributed by atoms with E-state index in [1.54, 1.807) is 0 Å². The van der Waals surface area contributed by atoms with Gasteiger partial charge in [0.15, 0.2) is 0 Å². The summed E-state index contributed by atoms with van der Waals surface area (Å²) in [5.74, 6) is 0. The zero-order chi connectivity index (χ0) is 4.28. The minimum atomic E-state index is 0.377. The summed E-state index contributed by atoms with van der Waals surface area (Å²) in [7, 11) is 0. The summed E-state index contributed by atoms with van der Waals surface area (Å²) in [5.41, 5.74) is 0. The van der Waals surface area contributed by atoms with Crippen molar-refractivity contribution in [2.75, 3.05) is 0 Å². The van der Waals surface area contributed by atoms with Gasteiger partial charge in [-0.1, -0.05) is 0 Å². The Morgan fingerprint density at radius 2 is 2.20 bits per heavy atom. The van der Waals surface area contributed by atoms with Crippen LogP contribution in [0.25, 0.3) is 0 Å². The summed E-state index contributed by atoms with van der Waals surface area (Å²) < 4.78 is 0.770. The van der Waals surface area contributed by atoms with Crippen LogP contribution in [0.3, 0.4) is 0 Å². The van der Waals surface area contributed by atoms with Crippen LogP contribution in [0.2, 0.25) is 0 Å². The second kappa shape index (κ2) is 2.28. The molecule has 0 saturated heterocycles. The predicted octanol–water partition coefficient (Wildman–Crippen LogP) is -0.611. The Labute approximate surface area is 44.4 Å². The first kappa shape index (κ1) is 5.03. The van der Waals surface area contributed by atoms with E-state index in [-0.39, 0.29) is 0 Å². The van der Waals surface area contributed by atoms with Crippen LogP contribution in [-0.4, -0.2) is 22.5 Å². The number of rotatable bonds is 0. The fourth-order valence-corrected chi connectivity index (χ4v) is 0. The third-order valence-electron chi connectivity index (χ3n) is 0.191. The van der Waals surface area contributed by atoms with Gasteiger partial charge in [-0.2, -0.15) is 0 Å². The minimum absolute atomic E-state index is 0.377. The van der Waals surface area contributed by atoms with E-state index in [1.807, 2.05) is 6.07 Å². The summed E-state index contributed by atoms with van der Waals surface area (Å²) in [6.45, 7) is 3.41. The molecule has 5 heavy (non-hydrogen) atoms. The number of hydrogen-bond acceptors (Lipinski definition) is 1. The van der Waals surface area contributed by atoms with Crippen molar-refractivity contribution in [3.8, 4) is 6.07 Å². The van der Waals surface area contributed by atoms with Gasteiger partial charge < -0.3 is 0 Å². The van der Waals surface area contributed by atoms with Gasteiger partial charge in [-0.3, -0.25) is 0 Å². The standard InChI is InChI=1S/C3H2N.Sn.3H/c1-2-3-4;;;;/h1H2;;;;. The second-order valence-electron chi connectivity index (χ2n) is 0.892. The fourth-order valence-electron chi connectivity index (χ4n) is 0. The molecule has 0 aromatic rings. The molecule has 1 nitrogen and oxygen atoms in total. The molecule has 0 unspecified atom stereocenters. The zero-order valence-corrected chi connectivity index (χ0v) is 8.86. The van der Waals surface area contributed by atoms with E-state index in [2.05, 4.69) is 6.58 Å². The molecule has 0 heterocycles. The van der Waals surface area contributed by atoms with E-state index in [0.29, 0.717) is 22.5 Å². The van der Waals surface area contributed by atoms with E-state index in [9.17, 15) is 0 Å². The van der Waals surface area contributed by atoms with E-state index in [1.165, 1.54) is 0 Å². The first-order chi connectivity index (χ1) is 2.27. The van der Waals surface area contributed by atoms with Gasteiger partial charge >= 0.3 is 44.0 Å². The number of nitriles is 1. The molecule has 0 rings (SSSR count). The van der Waals surface area contributed by atoms with E-state index >= 15 is 0 Å². The SMILES string of the molecule is C=[C]([SnH3])C#N. The first-order valence-corrected chi connectivity index (χ1v) is 4.18. The molecule has 0 atom stereocenters. The molecular formula is C3H5NSn. The molecule has 0 fully saturated rings. The van der Waals surface area contributed by atoms with Crippen molar-refractivity contribution in [1.29, 1.82) is 5.26 Å². The molecule has 0 spiro atoms. The Morgan fingerprint density at radius 1 is 2.00 bits per heavy atom. The molecule has 0 amide bonds. The van der Waals surface area contributed by atoms with Gasteiger partial charge in [0.05, 0.1) is 0 Å². The molecule has 26 valence electrons. The maximum absolute atomic E-state index is 7.85. The summed E-state index contributed by atoms with van der Waals surface area (Å²) >= 11 is 0.377. The fraction of sp³-hybridized carbons (Fsp3) is 0. The van der Waals surface area contributed by atoms with Crippen molar-refractivity contribution in [3.63, 3.8) is 0 Å². The molecule has 0 bridgehead atoms. The van der Waals surface area contributed by atoms with Gasteiger partial charge in [0.2, 0.25) is 0 Å². The molecule has 0 aliphatic carbocycles. The van der Waals surface area contributed by atoms with Gasteiger partial charge in [-0.25, -0.2) is 0 Å². The van der Waals surface area contributed by atoms with Crippen LogP contribution >= 0.6 is 0 Å². The van der Waals surface area contributed by atoms with Crippen molar-refractivity contribution in [2.45, 2.75) is 0 Å². The van der Waals surface area contributed by atoms with Crippen LogP contribution in [0, 0.1) is 11.3 Å². The molecule has 0 aromatic carbocycles. The van der Waals surface area contributed by atoms with Gasteiger partial charge in [0, 0.05) is 0 Å². The van der Waals surface area contributed by atoms with Crippen LogP contribution in [0.5, 0.6) is 0 Å². The molecular weight excluding hydrogens is 169 g/mol. The van der Waals surface area contributed by atoms with Crippen molar-refractivity contribution in [2.24, 2.45) is 0 Å². The van der Waals surface area contributed by atoms with Crippen LogP contribution < -0.4 is 0 Å². The number of hydrogen-bond donors (Lipinski definition) is 0. The molecule has 2 heteroatoms. The Morgan fingerprint density at radius 3 is 2.20 bits per heavy atom. The monoisotopic (exact) mass is 175 g/mol. The van der Waals surface area contributed by atoms with Crippen molar-refractivity contribution in [1.82, 2.24) is 0 Å². The zero-order valence-electron chi connectivity index (χ0n) is 3.15. The average molecular weight is 174 g/mol. The van der Waals surface area contributed by atoms with Crippen LogP contribution in [-0.2, 0) is 0 Å². The predicted molar refractivity (Wildman–Crippen MR) is 24.7 cm³/mol. The summed E-state index contributed by atoms with van der Waals surface area (Å²) in [5, 5.41) is 7.85. The quantitative estimate of drug-likeness (QED) is 0.354. The summed E-state index contributed by atoms with van der Waals surface area (Å²) in [4.78, 5) is 0. The Hall–Kier alpha value is 0.0287. The van der Waals surface area contributed by atoms with E-state index < -0.39 is 0 Å². The average Bonchev–Trinajstić information content (AvgIpc) is 1.38. The Kier molecular flexibility index (Phi) is 2.29. The van der Waals surface area contributed by atoms with E-state index in [0.717, 1.165) is 3.59 Å². The second-order valence-corrected chi connectivity index (χ2v) is 4.34. The molecule has 0 aliphatic rings. The van der Waals surface area contributed by atoms with Gasteiger partial charge in [0.25, 0.3) is 0 Å². The van der Waals surface area contributed by atoms with Crippen LogP contribution in [0.1, 0.15) is 0 Å². The normalized spacial score (nSPS) is 6.20. The summed E-state index contributed by atoms with van der Waals surface area (Å²) in [6, 6.07) is 1.93. The summed E-state index contributed by atoms with van der Waals surface area (Å²) in [6.07, 6.45) is 0. The Bertz CT molecular complexity index is 79.4. The van der Waals surface area contributed by atoms with Crippen molar-refractivity contribution in [3.05, 3.63) is 10.2 Å². The molecule has 0 saturated carbocycles.